The topological polar surface area (TPSA) is 155 Å². The summed E-state index contributed by atoms with van der Waals surface area (Å²) in [5.41, 5.74) is 35.2. The van der Waals surface area contributed by atoms with Crippen LogP contribution in [0.3, 0.4) is 0 Å². The van der Waals surface area contributed by atoms with Crippen molar-refractivity contribution in [2.75, 3.05) is 0 Å². The number of nitrogens with zero attached hydrogens (tertiary/aromatic N) is 12. The van der Waals surface area contributed by atoms with Crippen LogP contribution in [0.25, 0.3) is 188 Å². The van der Waals surface area contributed by atoms with Crippen molar-refractivity contribution in [2.24, 2.45) is 0 Å². The molecular weight excluding hydrogens is 1680 g/mol. The van der Waals surface area contributed by atoms with Crippen molar-refractivity contribution in [3.8, 4) is 90.6 Å². The summed E-state index contributed by atoms with van der Waals surface area (Å²) in [6.45, 7) is 60.8. The molecule has 0 N–H and O–H groups in total. The standard InChI is InChI=1S/C46H42N4.C42H54N4Si2.C30H24F2N4/c1-23-15-25(3)41(26(4)16-23)37-21-39(45-47-29(7)19-30(8)48-45)35-14-12-34-38(42-27(5)17-24(2)18-28(42)6)22-40(46-49-31(9)20-32(10)50-46)36-13-11-33(37)43(35)44(34)36;1-13-47(14-2,15-3)35-23-25(7)43-41(45-35)37-29(11)27(9)31-20-22-34-38(30(12)28(10)32-19-21-33(37)39(31)40(32)34)42-44-26(8)24-36(46-42)48(16-4,17-5)18-6;1-13-11-23(31)35-29(33-13)25-17(5)15(3)19-8-10-22-26(30-34-14(2)12-24(32)36-30)18(6)16(4)20-7-9-21(25)27(19)28(20)22/h11-22H,1-10H3;19-24H,13-18H2,1-12H3;7-12H,1-6H3. The van der Waals surface area contributed by atoms with Crippen LogP contribution >= 0.6 is 0 Å². The van der Waals surface area contributed by atoms with E-state index in [2.05, 4.69) is 307 Å². The third kappa shape index (κ3) is 15.1. The average Bonchev–Trinajstić information content (AvgIpc) is 0.712. The highest BCUT2D eigenvalue weighted by Crippen LogP contribution is 2.53. The minimum atomic E-state index is -1.70. The van der Waals surface area contributed by atoms with Crippen LogP contribution in [0, 0.1) is 164 Å². The Labute approximate surface area is 788 Å². The fraction of sp³-hybridized carbons (Fsp3) is 0.288. The second-order valence-corrected chi connectivity index (χ2v) is 49.0. The van der Waals surface area contributed by atoms with Gasteiger partial charge in [0.25, 0.3) is 0 Å². The monoisotopic (exact) mass is 1800 g/mol. The van der Waals surface area contributed by atoms with Gasteiger partial charge in [0.2, 0.25) is 11.9 Å². The van der Waals surface area contributed by atoms with Crippen LogP contribution in [0.1, 0.15) is 165 Å². The number of aromatic nitrogens is 12. The lowest BCUT2D eigenvalue weighted by molar-refractivity contribution is 0.579. The SMILES string of the molecule is CC[Si](CC)(CC)c1cc(C)nc(-c2c(C)c(C)c3ccc4c(-c5nc(C)cc([Si](CC)(CC)CC)n5)c(C)c(C)c5ccc2c3c54)n1.Cc1cc(C)c(-c2cc(-c3nc(C)cc(C)n3)c3ccc4c(-c5c(C)cc(C)cc5C)cc(-c5nc(C)cc(C)n5)c5ccc2c3c54)c(C)c1.Cc1cc(F)nc(-c2c(C)c(C)c3ccc4c(-c5nc(C)cc(F)n5)c(C)c(C)c5ccc2c3c54)n1. The van der Waals surface area contributed by atoms with Gasteiger partial charge in [-0.25, -0.2) is 49.8 Å². The molecule has 0 aliphatic heterocycles. The summed E-state index contributed by atoms with van der Waals surface area (Å²) in [5.74, 6) is 2.94. The smallest absolute Gasteiger partial charge is 0.216 e. The van der Waals surface area contributed by atoms with Crippen molar-refractivity contribution in [1.82, 2.24) is 59.8 Å². The molecular formula is C118H120F2N12Si2. The van der Waals surface area contributed by atoms with E-state index in [1.807, 2.05) is 26.0 Å². The van der Waals surface area contributed by atoms with Crippen LogP contribution in [0.5, 0.6) is 0 Å². The van der Waals surface area contributed by atoms with Gasteiger partial charge in [-0.1, -0.05) is 186 Å². The molecule has 16 heteroatoms. The molecule has 0 saturated carbocycles. The fourth-order valence-electron chi connectivity index (χ4n) is 23.0. The van der Waals surface area contributed by atoms with Crippen LogP contribution in [0.4, 0.5) is 8.78 Å². The molecule has 0 aliphatic carbocycles. The summed E-state index contributed by atoms with van der Waals surface area (Å²) in [6.07, 6.45) is 0. The van der Waals surface area contributed by atoms with Gasteiger partial charge in [-0.05, 0) is 375 Å². The quantitative estimate of drug-likeness (QED) is 0.0514. The molecule has 12 nitrogen and oxygen atoms in total. The van der Waals surface area contributed by atoms with E-state index in [4.69, 9.17) is 39.9 Å². The van der Waals surface area contributed by atoms with Gasteiger partial charge in [-0.2, -0.15) is 18.7 Å². The van der Waals surface area contributed by atoms with Crippen molar-refractivity contribution in [3.05, 3.63) is 281 Å². The Balaban J connectivity index is 0.000000136. The Hall–Kier alpha value is -13.0. The zero-order chi connectivity index (χ0) is 95.3. The van der Waals surface area contributed by atoms with Crippen LogP contribution in [-0.2, 0) is 0 Å². The van der Waals surface area contributed by atoms with E-state index in [9.17, 15) is 8.78 Å². The van der Waals surface area contributed by atoms with Crippen LogP contribution in [0.15, 0.2) is 146 Å². The van der Waals surface area contributed by atoms with E-state index >= 15 is 0 Å². The predicted molar refractivity (Wildman–Crippen MR) is 565 cm³/mol. The van der Waals surface area contributed by atoms with Gasteiger partial charge < -0.3 is 0 Å². The molecule has 0 unspecified atom stereocenters. The van der Waals surface area contributed by atoms with Gasteiger partial charge in [0.15, 0.2) is 34.9 Å². The largest absolute Gasteiger partial charge is 0.238 e. The summed E-state index contributed by atoms with van der Waals surface area (Å²) in [6, 6.07) is 59.4. The molecule has 20 rings (SSSR count). The van der Waals surface area contributed by atoms with E-state index < -0.39 is 28.0 Å². The highest BCUT2D eigenvalue weighted by molar-refractivity contribution is 6.91. The molecule has 134 heavy (non-hydrogen) atoms. The van der Waals surface area contributed by atoms with E-state index in [1.165, 1.54) is 202 Å². The minimum absolute atomic E-state index is 0.378. The number of hydrogen-bond donors (Lipinski definition) is 0. The molecule has 20 aromatic rings. The van der Waals surface area contributed by atoms with Crippen molar-refractivity contribution in [2.45, 2.75) is 230 Å². The lowest BCUT2D eigenvalue weighted by Gasteiger charge is -2.28. The Bertz CT molecular complexity index is 7650. The maximum atomic E-state index is 14.3. The zero-order valence-electron chi connectivity index (χ0n) is 83.2. The van der Waals surface area contributed by atoms with Gasteiger partial charge in [0, 0.05) is 102 Å². The van der Waals surface area contributed by atoms with Crippen molar-refractivity contribution >= 4 is 124 Å². The maximum absolute atomic E-state index is 14.3. The highest BCUT2D eigenvalue weighted by Gasteiger charge is 2.36. The summed E-state index contributed by atoms with van der Waals surface area (Å²) >= 11 is 0. The second-order valence-electron chi connectivity index (χ2n) is 38.6. The Kier molecular flexibility index (Phi) is 23.7. The fourth-order valence-corrected chi connectivity index (χ4v) is 29.9. The molecule has 0 radical (unpaired) electrons. The molecule has 0 fully saturated rings. The first-order chi connectivity index (χ1) is 64.0. The number of hydrogen-bond acceptors (Lipinski definition) is 12. The van der Waals surface area contributed by atoms with Crippen molar-refractivity contribution in [3.63, 3.8) is 0 Å². The van der Waals surface area contributed by atoms with Crippen molar-refractivity contribution in [1.29, 1.82) is 0 Å². The maximum Gasteiger partial charge on any atom is 0.216 e. The Morgan fingerprint density at radius 2 is 0.403 bits per heavy atom. The minimum Gasteiger partial charge on any atom is -0.238 e. The Morgan fingerprint density at radius 3 is 0.657 bits per heavy atom. The van der Waals surface area contributed by atoms with E-state index in [0.717, 1.165) is 145 Å². The predicted octanol–water partition coefficient (Wildman–Crippen LogP) is 30.3. The van der Waals surface area contributed by atoms with E-state index in [-0.39, 0.29) is 0 Å². The molecule has 6 aromatic heterocycles. The number of halogens is 2. The molecule has 0 spiro atoms. The third-order valence-corrected chi connectivity index (χ3v) is 41.2. The summed E-state index contributed by atoms with van der Waals surface area (Å²) in [7, 11) is -3.41. The molecule has 0 amide bonds. The zero-order valence-corrected chi connectivity index (χ0v) is 85.2. The van der Waals surface area contributed by atoms with Crippen LogP contribution in [0.2, 0.25) is 36.3 Å². The van der Waals surface area contributed by atoms with Crippen molar-refractivity contribution < 1.29 is 8.78 Å². The molecule has 0 bridgehead atoms. The molecule has 0 aliphatic rings. The number of aryl methyl sites for hydroxylation is 18. The van der Waals surface area contributed by atoms with Gasteiger partial charge in [0.1, 0.15) is 16.1 Å². The molecule has 674 valence electrons. The third-order valence-electron chi connectivity index (χ3n) is 30.4. The lowest BCUT2D eigenvalue weighted by Crippen LogP contribution is -2.48. The van der Waals surface area contributed by atoms with E-state index in [1.54, 1.807) is 13.8 Å². The molecule has 6 heterocycles. The first-order valence-corrected chi connectivity index (χ1v) is 53.0. The van der Waals surface area contributed by atoms with Crippen LogP contribution < -0.4 is 10.6 Å². The number of rotatable bonds is 16. The van der Waals surface area contributed by atoms with Gasteiger partial charge in [0.05, 0.1) is 0 Å². The first kappa shape index (κ1) is 91.5. The summed E-state index contributed by atoms with van der Waals surface area (Å²) in [4.78, 5) is 58.9. The molecule has 0 saturated heterocycles. The Morgan fingerprint density at radius 1 is 0.194 bits per heavy atom. The molecule has 0 atom stereocenters. The summed E-state index contributed by atoms with van der Waals surface area (Å²) < 4.78 is 28.7. The van der Waals surface area contributed by atoms with Gasteiger partial charge in [-0.3, -0.25) is 0 Å². The normalized spacial score (nSPS) is 12.1. The first-order valence-electron chi connectivity index (χ1n) is 47.8. The highest BCUT2D eigenvalue weighted by atomic mass is 28.3. The van der Waals surface area contributed by atoms with E-state index in [0.29, 0.717) is 23.0 Å². The molecule has 14 aromatic carbocycles. The summed E-state index contributed by atoms with van der Waals surface area (Å²) in [5, 5.41) is 23.8. The van der Waals surface area contributed by atoms with Gasteiger partial charge in [-0.15, -0.1) is 0 Å². The number of benzene rings is 14. The lowest BCUT2D eigenvalue weighted by atomic mass is 9.81. The average molecular weight is 1800 g/mol. The second kappa shape index (κ2) is 34.8. The van der Waals surface area contributed by atoms with Crippen LogP contribution in [-0.4, -0.2) is 76.0 Å². The van der Waals surface area contributed by atoms with Gasteiger partial charge >= 0.3 is 0 Å².